The van der Waals surface area contributed by atoms with Crippen molar-refractivity contribution >= 4 is 12.2 Å². The molecule has 0 fully saturated rings. The van der Waals surface area contributed by atoms with Gasteiger partial charge < -0.3 is 4.74 Å². The van der Waals surface area contributed by atoms with E-state index in [-0.39, 0.29) is 11.5 Å². The standard InChI is InChI=1S/C14H25NO2/c1-8-9-11(13(2,3)4)15-10-12(16)17-14(5,6)7/h8-11H,1-7H3/b9-8-,15-10?/t11-/m0/s1. The summed E-state index contributed by atoms with van der Waals surface area (Å²) in [4.78, 5) is 15.8. The van der Waals surface area contributed by atoms with Crippen molar-refractivity contribution in [2.45, 2.75) is 60.1 Å². The topological polar surface area (TPSA) is 38.7 Å². The molecular formula is C14H25NO2. The second kappa shape index (κ2) is 5.99. The van der Waals surface area contributed by atoms with E-state index in [1.54, 1.807) is 0 Å². The zero-order chi connectivity index (χ0) is 13.7. The summed E-state index contributed by atoms with van der Waals surface area (Å²) in [6, 6.07) is -0.0139. The van der Waals surface area contributed by atoms with E-state index in [0.717, 1.165) is 0 Å². The molecule has 0 saturated heterocycles. The van der Waals surface area contributed by atoms with E-state index in [2.05, 4.69) is 25.8 Å². The molecule has 0 bridgehead atoms. The summed E-state index contributed by atoms with van der Waals surface area (Å²) in [6.45, 7) is 13.7. The molecule has 17 heavy (non-hydrogen) atoms. The Balaban J connectivity index is 4.62. The van der Waals surface area contributed by atoms with Crippen LogP contribution in [0.25, 0.3) is 0 Å². The first-order chi connectivity index (χ1) is 7.56. The molecule has 1 atom stereocenters. The third kappa shape index (κ3) is 7.72. The highest BCUT2D eigenvalue weighted by molar-refractivity contribution is 6.23. The van der Waals surface area contributed by atoms with Crippen LogP contribution in [0.4, 0.5) is 0 Å². The first kappa shape index (κ1) is 15.9. The number of aliphatic imine (C=N–C) groups is 1. The van der Waals surface area contributed by atoms with Crippen LogP contribution in [0, 0.1) is 5.41 Å². The Morgan fingerprint density at radius 2 is 1.71 bits per heavy atom. The Morgan fingerprint density at radius 1 is 1.18 bits per heavy atom. The fourth-order valence-corrected chi connectivity index (χ4v) is 1.21. The molecule has 0 radical (unpaired) electrons. The monoisotopic (exact) mass is 239 g/mol. The molecule has 0 aliphatic rings. The third-order valence-corrected chi connectivity index (χ3v) is 2.01. The number of carbonyl (C=O) groups is 1. The summed E-state index contributed by atoms with van der Waals surface area (Å²) >= 11 is 0. The van der Waals surface area contributed by atoms with E-state index in [1.165, 1.54) is 6.21 Å². The Bertz CT molecular complexity index is 303. The molecule has 0 amide bonds. The van der Waals surface area contributed by atoms with Crippen molar-refractivity contribution < 1.29 is 9.53 Å². The number of nitrogens with zero attached hydrogens (tertiary/aromatic N) is 1. The van der Waals surface area contributed by atoms with Gasteiger partial charge in [-0.3, -0.25) is 4.99 Å². The van der Waals surface area contributed by atoms with Gasteiger partial charge in [-0.15, -0.1) is 0 Å². The van der Waals surface area contributed by atoms with Gasteiger partial charge in [0.25, 0.3) is 0 Å². The lowest BCUT2D eigenvalue weighted by atomic mass is 9.87. The van der Waals surface area contributed by atoms with Gasteiger partial charge in [-0.05, 0) is 33.1 Å². The van der Waals surface area contributed by atoms with Crippen LogP contribution in [0.15, 0.2) is 17.1 Å². The molecule has 0 heterocycles. The third-order valence-electron chi connectivity index (χ3n) is 2.01. The van der Waals surface area contributed by atoms with E-state index in [9.17, 15) is 4.79 Å². The van der Waals surface area contributed by atoms with E-state index in [4.69, 9.17) is 4.74 Å². The average Bonchev–Trinajstić information content (AvgIpc) is 2.07. The van der Waals surface area contributed by atoms with Crippen molar-refractivity contribution in [2.75, 3.05) is 0 Å². The minimum atomic E-state index is -0.471. The minimum absolute atomic E-state index is 0.00891. The SMILES string of the molecule is C/C=C\[C@H](N=CC(=O)OC(C)(C)C)C(C)(C)C. The zero-order valence-electron chi connectivity index (χ0n) is 12.1. The second-order valence-electron chi connectivity index (χ2n) is 6.15. The van der Waals surface area contributed by atoms with Gasteiger partial charge in [-0.1, -0.05) is 32.9 Å². The molecule has 0 aromatic heterocycles. The summed E-state index contributed by atoms with van der Waals surface area (Å²) in [7, 11) is 0. The highest BCUT2D eigenvalue weighted by Gasteiger charge is 2.21. The van der Waals surface area contributed by atoms with Crippen molar-refractivity contribution in [2.24, 2.45) is 10.4 Å². The van der Waals surface area contributed by atoms with Crippen molar-refractivity contribution in [3.63, 3.8) is 0 Å². The maximum Gasteiger partial charge on any atom is 0.349 e. The molecule has 0 unspecified atom stereocenters. The first-order valence-corrected chi connectivity index (χ1v) is 5.95. The van der Waals surface area contributed by atoms with Gasteiger partial charge >= 0.3 is 5.97 Å². The summed E-state index contributed by atoms with van der Waals surface area (Å²) in [5, 5.41) is 0. The second-order valence-corrected chi connectivity index (χ2v) is 6.15. The van der Waals surface area contributed by atoms with Crippen LogP contribution in [-0.4, -0.2) is 23.8 Å². The van der Waals surface area contributed by atoms with Crippen molar-refractivity contribution in [3.05, 3.63) is 12.2 Å². The molecule has 0 aliphatic carbocycles. The zero-order valence-corrected chi connectivity index (χ0v) is 12.1. The molecule has 0 aromatic carbocycles. The molecule has 3 nitrogen and oxygen atoms in total. The van der Waals surface area contributed by atoms with Crippen LogP contribution in [0.1, 0.15) is 48.5 Å². The van der Waals surface area contributed by atoms with Gasteiger partial charge in [0.15, 0.2) is 0 Å². The number of allylic oxidation sites excluding steroid dienone is 1. The number of carbonyl (C=O) groups excluding carboxylic acids is 1. The van der Waals surface area contributed by atoms with E-state index < -0.39 is 11.6 Å². The van der Waals surface area contributed by atoms with Crippen LogP contribution in [0.3, 0.4) is 0 Å². The van der Waals surface area contributed by atoms with Crippen LogP contribution < -0.4 is 0 Å². The van der Waals surface area contributed by atoms with Gasteiger partial charge in [-0.2, -0.15) is 0 Å². The van der Waals surface area contributed by atoms with Crippen molar-refractivity contribution in [1.82, 2.24) is 0 Å². The van der Waals surface area contributed by atoms with Gasteiger partial charge in [0.2, 0.25) is 0 Å². The molecule has 0 spiro atoms. The van der Waals surface area contributed by atoms with Crippen LogP contribution in [0.2, 0.25) is 0 Å². The van der Waals surface area contributed by atoms with Gasteiger partial charge in [0.1, 0.15) is 11.8 Å². The van der Waals surface area contributed by atoms with Gasteiger partial charge in [0, 0.05) is 0 Å². The Morgan fingerprint density at radius 3 is 2.06 bits per heavy atom. The first-order valence-electron chi connectivity index (χ1n) is 5.95. The molecule has 3 heteroatoms. The quantitative estimate of drug-likeness (QED) is 0.430. The van der Waals surface area contributed by atoms with E-state index in [1.807, 2.05) is 39.8 Å². The molecular weight excluding hydrogens is 214 g/mol. The predicted molar refractivity (Wildman–Crippen MR) is 72.4 cm³/mol. The summed E-state index contributed by atoms with van der Waals surface area (Å²) < 4.78 is 5.17. The Hall–Kier alpha value is -1.12. The lowest BCUT2D eigenvalue weighted by Gasteiger charge is -2.24. The molecule has 0 aromatic rings. The Kier molecular flexibility index (Phi) is 5.59. The predicted octanol–water partition coefficient (Wildman–Crippen LogP) is 3.39. The smallest absolute Gasteiger partial charge is 0.349 e. The summed E-state index contributed by atoms with van der Waals surface area (Å²) in [6.07, 6.45) is 5.21. The number of hydrogen-bond acceptors (Lipinski definition) is 3. The van der Waals surface area contributed by atoms with E-state index >= 15 is 0 Å². The fourth-order valence-electron chi connectivity index (χ4n) is 1.21. The lowest BCUT2D eigenvalue weighted by Crippen LogP contribution is -2.26. The van der Waals surface area contributed by atoms with Crippen LogP contribution in [0.5, 0.6) is 0 Å². The van der Waals surface area contributed by atoms with Crippen LogP contribution in [-0.2, 0) is 9.53 Å². The minimum Gasteiger partial charge on any atom is -0.456 e. The average molecular weight is 239 g/mol. The molecule has 0 rings (SSSR count). The normalized spacial score (nSPS) is 15.5. The highest BCUT2D eigenvalue weighted by Crippen LogP contribution is 2.23. The number of ether oxygens (including phenoxy) is 1. The van der Waals surface area contributed by atoms with Gasteiger partial charge in [0.05, 0.1) is 6.04 Å². The summed E-state index contributed by atoms with van der Waals surface area (Å²) in [5.41, 5.74) is -0.480. The molecule has 0 N–H and O–H groups in total. The maximum absolute atomic E-state index is 11.5. The molecule has 98 valence electrons. The number of hydrogen-bond donors (Lipinski definition) is 0. The molecule has 0 saturated carbocycles. The molecule has 0 aliphatic heterocycles. The van der Waals surface area contributed by atoms with Gasteiger partial charge in [-0.25, -0.2) is 4.79 Å². The van der Waals surface area contributed by atoms with Crippen molar-refractivity contribution in [1.29, 1.82) is 0 Å². The number of esters is 1. The van der Waals surface area contributed by atoms with E-state index in [0.29, 0.717) is 0 Å². The summed E-state index contributed by atoms with van der Waals surface area (Å²) in [5.74, 6) is -0.392. The largest absolute Gasteiger partial charge is 0.456 e. The van der Waals surface area contributed by atoms with Crippen LogP contribution >= 0.6 is 0 Å². The Labute approximate surface area is 105 Å². The van der Waals surface area contributed by atoms with Crippen molar-refractivity contribution in [3.8, 4) is 0 Å². The highest BCUT2D eigenvalue weighted by atomic mass is 16.6. The lowest BCUT2D eigenvalue weighted by molar-refractivity contribution is -0.145. The number of rotatable bonds is 3. The fraction of sp³-hybridized carbons (Fsp3) is 0.714. The maximum atomic E-state index is 11.5.